The molecule has 24 heavy (non-hydrogen) atoms. The van der Waals surface area contributed by atoms with Gasteiger partial charge in [0.25, 0.3) is 0 Å². The number of carbonyl (C=O) groups excluding carboxylic acids is 1. The van der Waals surface area contributed by atoms with Crippen molar-refractivity contribution in [2.24, 2.45) is 0 Å². The Labute approximate surface area is 143 Å². The number of fused-ring (bicyclic) bond motifs is 3. The normalized spacial score (nSPS) is 22.8. The fourth-order valence-corrected chi connectivity index (χ4v) is 4.05. The Morgan fingerprint density at radius 1 is 1.17 bits per heavy atom. The average molecular weight is 321 g/mol. The number of likely N-dealkylation sites (N-methyl/N-ethyl adjacent to an activating group) is 1. The predicted octanol–water partition coefficient (Wildman–Crippen LogP) is 3.83. The Morgan fingerprint density at radius 3 is 2.75 bits per heavy atom. The third kappa shape index (κ3) is 2.57. The van der Waals surface area contributed by atoms with Gasteiger partial charge in [0.2, 0.25) is 0 Å². The lowest BCUT2D eigenvalue weighted by atomic mass is 9.89. The summed E-state index contributed by atoms with van der Waals surface area (Å²) >= 11 is 0. The van der Waals surface area contributed by atoms with Crippen molar-refractivity contribution in [3.63, 3.8) is 0 Å². The zero-order valence-corrected chi connectivity index (χ0v) is 14.2. The van der Waals surface area contributed by atoms with Crippen LogP contribution in [0.25, 0.3) is 0 Å². The molecule has 0 aliphatic carbocycles. The summed E-state index contributed by atoms with van der Waals surface area (Å²) in [6, 6.07) is 16.4. The van der Waals surface area contributed by atoms with Gasteiger partial charge >= 0.3 is 6.03 Å². The van der Waals surface area contributed by atoms with Crippen LogP contribution >= 0.6 is 0 Å². The lowest BCUT2D eigenvalue weighted by molar-refractivity contribution is 0.224. The topological polar surface area (TPSA) is 35.6 Å². The number of hydrogen-bond acceptors (Lipinski definition) is 2. The molecule has 4 rings (SSSR count). The minimum atomic E-state index is -0.0247. The van der Waals surface area contributed by atoms with E-state index < -0.39 is 0 Å². The first-order chi connectivity index (χ1) is 11.6. The maximum Gasteiger partial charge on any atom is 0.326 e. The van der Waals surface area contributed by atoms with Crippen LogP contribution in [0.5, 0.6) is 0 Å². The highest BCUT2D eigenvalue weighted by Gasteiger charge is 2.43. The summed E-state index contributed by atoms with van der Waals surface area (Å²) in [5.74, 6) is 0.403. The number of anilines is 2. The van der Waals surface area contributed by atoms with Crippen molar-refractivity contribution in [2.75, 3.05) is 30.4 Å². The van der Waals surface area contributed by atoms with Crippen molar-refractivity contribution in [3.8, 4) is 0 Å². The number of nitrogens with zero attached hydrogens (tertiary/aromatic N) is 2. The van der Waals surface area contributed by atoms with Crippen LogP contribution in [-0.2, 0) is 0 Å². The Hall–Kier alpha value is -2.33. The van der Waals surface area contributed by atoms with E-state index in [1.165, 1.54) is 11.1 Å². The maximum atomic E-state index is 13.0. The van der Waals surface area contributed by atoms with Crippen LogP contribution in [0.4, 0.5) is 16.2 Å². The summed E-state index contributed by atoms with van der Waals surface area (Å²) in [6.45, 7) is 4.16. The smallest absolute Gasteiger partial charge is 0.308 e. The van der Waals surface area contributed by atoms with Gasteiger partial charge in [-0.1, -0.05) is 35.9 Å². The summed E-state index contributed by atoms with van der Waals surface area (Å²) < 4.78 is 0. The van der Waals surface area contributed by atoms with E-state index in [9.17, 15) is 4.79 Å². The molecule has 2 aromatic rings. The van der Waals surface area contributed by atoms with Gasteiger partial charge < -0.3 is 10.2 Å². The van der Waals surface area contributed by atoms with Gasteiger partial charge in [-0.15, -0.1) is 0 Å². The first-order valence-corrected chi connectivity index (χ1v) is 8.58. The molecular formula is C20H23N3O. The van der Waals surface area contributed by atoms with Crippen LogP contribution in [-0.4, -0.2) is 37.1 Å². The molecule has 4 heteroatoms. The lowest BCUT2D eigenvalue weighted by Gasteiger charge is -2.36. The quantitative estimate of drug-likeness (QED) is 0.866. The molecule has 0 saturated carbocycles. The van der Waals surface area contributed by atoms with Crippen molar-refractivity contribution in [2.45, 2.75) is 25.3 Å². The minimum Gasteiger partial charge on any atom is -0.308 e. The number of benzene rings is 2. The Kier molecular flexibility index (Phi) is 3.77. The number of likely N-dealkylation sites (tertiary alicyclic amines) is 1. The average Bonchev–Trinajstić information content (AvgIpc) is 2.89. The molecule has 4 nitrogen and oxygen atoms in total. The van der Waals surface area contributed by atoms with Crippen LogP contribution in [0.15, 0.2) is 48.5 Å². The van der Waals surface area contributed by atoms with E-state index in [1.54, 1.807) is 0 Å². The number of hydrogen-bond donors (Lipinski definition) is 1. The van der Waals surface area contributed by atoms with E-state index in [0.29, 0.717) is 5.92 Å². The third-order valence-corrected chi connectivity index (χ3v) is 5.20. The number of carbonyl (C=O) groups is 1. The van der Waals surface area contributed by atoms with Crippen LogP contribution in [0, 0.1) is 6.92 Å². The van der Waals surface area contributed by atoms with E-state index in [-0.39, 0.29) is 12.1 Å². The van der Waals surface area contributed by atoms with Crippen LogP contribution in [0.1, 0.15) is 23.5 Å². The lowest BCUT2D eigenvalue weighted by Crippen LogP contribution is -2.48. The predicted molar refractivity (Wildman–Crippen MR) is 97.8 cm³/mol. The molecule has 0 radical (unpaired) electrons. The number of para-hydroxylation sites is 1. The molecule has 2 aliphatic rings. The van der Waals surface area contributed by atoms with Gasteiger partial charge in [0.15, 0.2) is 0 Å². The molecule has 0 bridgehead atoms. The van der Waals surface area contributed by atoms with Crippen molar-refractivity contribution in [3.05, 3.63) is 59.7 Å². The first kappa shape index (κ1) is 15.2. The molecular weight excluding hydrogens is 298 g/mol. The highest BCUT2D eigenvalue weighted by Crippen LogP contribution is 2.45. The van der Waals surface area contributed by atoms with Gasteiger partial charge in [0.1, 0.15) is 0 Å². The van der Waals surface area contributed by atoms with E-state index in [4.69, 9.17) is 0 Å². The van der Waals surface area contributed by atoms with E-state index in [0.717, 1.165) is 30.9 Å². The standard InChI is InChI=1S/C20H23N3O/c1-14-8-9-18-16(12-14)17-13-22(2)11-10-19(17)23(18)20(24)21-15-6-4-3-5-7-15/h3-9,12,17,19H,10-11,13H2,1-2H3,(H,21,24)/t17-,19+/m0/s1. The number of urea groups is 1. The Bertz CT molecular complexity index is 759. The van der Waals surface area contributed by atoms with Gasteiger partial charge in [0.05, 0.1) is 0 Å². The van der Waals surface area contributed by atoms with E-state index in [2.05, 4.69) is 42.4 Å². The molecule has 124 valence electrons. The van der Waals surface area contributed by atoms with Crippen molar-refractivity contribution in [1.29, 1.82) is 0 Å². The van der Waals surface area contributed by atoms with Gasteiger partial charge in [-0.25, -0.2) is 4.79 Å². The molecule has 0 aromatic heterocycles. The second kappa shape index (κ2) is 5.95. The van der Waals surface area contributed by atoms with Gasteiger partial charge in [0, 0.05) is 29.9 Å². The molecule has 2 amide bonds. The maximum absolute atomic E-state index is 13.0. The fraction of sp³-hybridized carbons (Fsp3) is 0.350. The summed E-state index contributed by atoms with van der Waals surface area (Å²) in [5.41, 5.74) is 4.48. The second-order valence-electron chi connectivity index (χ2n) is 6.95. The van der Waals surface area contributed by atoms with E-state index >= 15 is 0 Å². The molecule has 2 heterocycles. The molecule has 0 unspecified atom stereocenters. The molecule has 0 spiro atoms. The van der Waals surface area contributed by atoms with Gasteiger partial charge in [-0.05, 0) is 50.7 Å². The number of nitrogens with one attached hydrogen (secondary N) is 1. The number of amides is 2. The SMILES string of the molecule is Cc1ccc2c(c1)[C@@H]1CN(C)CC[C@H]1N2C(=O)Nc1ccccc1. The first-order valence-electron chi connectivity index (χ1n) is 8.58. The zero-order chi connectivity index (χ0) is 16.7. The third-order valence-electron chi connectivity index (χ3n) is 5.20. The Balaban J connectivity index is 1.68. The van der Waals surface area contributed by atoms with Crippen molar-refractivity contribution < 1.29 is 4.79 Å². The number of rotatable bonds is 1. The molecule has 1 fully saturated rings. The monoisotopic (exact) mass is 321 g/mol. The number of piperidine rings is 1. The fourth-order valence-electron chi connectivity index (χ4n) is 4.05. The van der Waals surface area contributed by atoms with Crippen molar-refractivity contribution >= 4 is 17.4 Å². The summed E-state index contributed by atoms with van der Waals surface area (Å²) in [7, 11) is 2.17. The molecule has 1 N–H and O–H groups in total. The highest BCUT2D eigenvalue weighted by molar-refractivity contribution is 6.04. The van der Waals surface area contributed by atoms with Gasteiger partial charge in [-0.2, -0.15) is 0 Å². The molecule has 1 saturated heterocycles. The van der Waals surface area contributed by atoms with Crippen molar-refractivity contribution in [1.82, 2.24) is 4.90 Å². The summed E-state index contributed by atoms with van der Waals surface area (Å²) in [4.78, 5) is 17.4. The Morgan fingerprint density at radius 2 is 1.96 bits per heavy atom. The molecule has 2 aliphatic heterocycles. The highest BCUT2D eigenvalue weighted by atomic mass is 16.2. The summed E-state index contributed by atoms with van der Waals surface area (Å²) in [5, 5.41) is 3.06. The van der Waals surface area contributed by atoms with Crippen LogP contribution < -0.4 is 10.2 Å². The number of aryl methyl sites for hydroxylation is 1. The molecule has 2 atom stereocenters. The zero-order valence-electron chi connectivity index (χ0n) is 14.2. The van der Waals surface area contributed by atoms with E-state index in [1.807, 2.05) is 35.2 Å². The largest absolute Gasteiger partial charge is 0.326 e. The summed E-state index contributed by atoms with van der Waals surface area (Å²) in [6.07, 6.45) is 1.01. The van der Waals surface area contributed by atoms with Crippen LogP contribution in [0.3, 0.4) is 0 Å². The molecule has 2 aromatic carbocycles. The van der Waals surface area contributed by atoms with Gasteiger partial charge in [-0.3, -0.25) is 4.90 Å². The minimum absolute atomic E-state index is 0.0247. The second-order valence-corrected chi connectivity index (χ2v) is 6.95. The van der Waals surface area contributed by atoms with Crippen LogP contribution in [0.2, 0.25) is 0 Å².